The summed E-state index contributed by atoms with van der Waals surface area (Å²) in [5.41, 5.74) is 1.27. The standard InChI is InChI=1S/C5H5NOS/c1-2-7-5-4(1)3-6-8-5/h3H,1-2H2. The second-order valence-corrected chi connectivity index (χ2v) is 2.50. The fourth-order valence-electron chi connectivity index (χ4n) is 0.789. The van der Waals surface area contributed by atoms with Crippen LogP contribution in [0.3, 0.4) is 0 Å². The van der Waals surface area contributed by atoms with Gasteiger partial charge in [0, 0.05) is 29.7 Å². The lowest BCUT2D eigenvalue weighted by Crippen LogP contribution is -1.86. The van der Waals surface area contributed by atoms with E-state index in [1.54, 1.807) is 0 Å². The summed E-state index contributed by atoms with van der Waals surface area (Å²) in [6.45, 7) is 0.851. The molecule has 3 heteroatoms. The van der Waals surface area contributed by atoms with Crippen molar-refractivity contribution in [3.05, 3.63) is 11.8 Å². The van der Waals surface area contributed by atoms with Gasteiger partial charge >= 0.3 is 0 Å². The van der Waals surface area contributed by atoms with Crippen molar-refractivity contribution in [3.8, 4) is 5.06 Å². The van der Waals surface area contributed by atoms with Crippen LogP contribution in [0.1, 0.15) is 5.56 Å². The molecule has 0 unspecified atom stereocenters. The number of fused-ring (bicyclic) bond motifs is 1. The van der Waals surface area contributed by atoms with Crippen LogP contribution in [0, 0.1) is 0 Å². The summed E-state index contributed by atoms with van der Waals surface area (Å²) in [5, 5.41) is 1.02. The largest absolute Gasteiger partial charge is 0.482 e. The quantitative estimate of drug-likeness (QED) is 0.520. The number of rotatable bonds is 0. The first kappa shape index (κ1) is 4.32. The second kappa shape index (κ2) is 1.45. The van der Waals surface area contributed by atoms with Crippen molar-refractivity contribution in [1.29, 1.82) is 0 Å². The maximum atomic E-state index is 5.19. The smallest absolute Gasteiger partial charge is 0.196 e. The number of ether oxygens (including phenoxy) is 1. The fraction of sp³-hybridized carbons (Fsp3) is 0.400. The Labute approximate surface area is 51.3 Å². The molecule has 0 bridgehead atoms. The molecule has 2 rings (SSSR count). The summed E-state index contributed by atoms with van der Waals surface area (Å²) in [6, 6.07) is 0. The Bertz CT molecular complexity index is 178. The van der Waals surface area contributed by atoms with Gasteiger partial charge < -0.3 is 4.74 Å². The molecule has 0 aromatic carbocycles. The highest BCUT2D eigenvalue weighted by Crippen LogP contribution is 2.28. The number of hydrogen-bond acceptors (Lipinski definition) is 3. The van der Waals surface area contributed by atoms with E-state index in [0.29, 0.717) is 0 Å². The number of nitrogens with zero attached hydrogens (tertiary/aromatic N) is 1. The van der Waals surface area contributed by atoms with E-state index >= 15 is 0 Å². The van der Waals surface area contributed by atoms with Gasteiger partial charge in [-0.15, -0.1) is 0 Å². The van der Waals surface area contributed by atoms with E-state index in [-0.39, 0.29) is 0 Å². The predicted molar refractivity (Wildman–Crippen MR) is 31.3 cm³/mol. The Morgan fingerprint density at radius 1 is 1.75 bits per heavy atom. The Morgan fingerprint density at radius 2 is 2.75 bits per heavy atom. The summed E-state index contributed by atoms with van der Waals surface area (Å²) in [7, 11) is 0. The zero-order valence-electron chi connectivity index (χ0n) is 4.26. The van der Waals surface area contributed by atoms with Crippen molar-refractivity contribution < 1.29 is 4.74 Å². The molecule has 8 heavy (non-hydrogen) atoms. The van der Waals surface area contributed by atoms with Crippen molar-refractivity contribution >= 4 is 11.5 Å². The molecule has 0 radical (unpaired) electrons. The minimum atomic E-state index is 0.851. The average Bonchev–Trinajstić information content (AvgIpc) is 2.15. The highest BCUT2D eigenvalue weighted by molar-refractivity contribution is 7.07. The number of aromatic nitrogens is 1. The number of hydrogen-bond donors (Lipinski definition) is 0. The molecule has 1 aliphatic rings. The van der Waals surface area contributed by atoms with Gasteiger partial charge in [-0.3, -0.25) is 0 Å². The van der Waals surface area contributed by atoms with Gasteiger partial charge in [0.15, 0.2) is 5.06 Å². The van der Waals surface area contributed by atoms with Crippen molar-refractivity contribution in [1.82, 2.24) is 4.37 Å². The minimum absolute atomic E-state index is 0.851. The monoisotopic (exact) mass is 127 g/mol. The highest BCUT2D eigenvalue weighted by Gasteiger charge is 2.12. The Morgan fingerprint density at radius 3 is 3.62 bits per heavy atom. The van der Waals surface area contributed by atoms with Crippen LogP contribution >= 0.6 is 11.5 Å². The SMILES string of the molecule is c1nsc2c1CCO2. The fourth-order valence-corrected chi connectivity index (χ4v) is 1.47. The zero-order chi connectivity index (χ0) is 5.40. The molecule has 2 nitrogen and oxygen atoms in total. The molecular formula is C5H5NOS. The van der Waals surface area contributed by atoms with Gasteiger partial charge in [0.25, 0.3) is 0 Å². The van der Waals surface area contributed by atoms with Gasteiger partial charge in [0.05, 0.1) is 6.61 Å². The van der Waals surface area contributed by atoms with Crippen molar-refractivity contribution in [2.75, 3.05) is 6.61 Å². The lowest BCUT2D eigenvalue weighted by atomic mass is 10.3. The first-order valence-corrected chi connectivity index (χ1v) is 3.30. The summed E-state index contributed by atoms with van der Waals surface area (Å²) >= 11 is 1.44. The molecule has 0 fully saturated rings. The van der Waals surface area contributed by atoms with Crippen LogP contribution in [-0.4, -0.2) is 11.0 Å². The molecule has 0 atom stereocenters. The molecule has 1 aromatic heterocycles. The van der Waals surface area contributed by atoms with Crippen LogP contribution < -0.4 is 4.74 Å². The Kier molecular flexibility index (Phi) is 0.784. The topological polar surface area (TPSA) is 22.1 Å². The van der Waals surface area contributed by atoms with Gasteiger partial charge in [0.2, 0.25) is 0 Å². The molecule has 2 heterocycles. The van der Waals surface area contributed by atoms with E-state index < -0.39 is 0 Å². The summed E-state index contributed by atoms with van der Waals surface area (Å²) in [5.74, 6) is 0. The van der Waals surface area contributed by atoms with Gasteiger partial charge in [-0.1, -0.05) is 0 Å². The molecule has 1 aliphatic heterocycles. The van der Waals surface area contributed by atoms with Crippen LogP contribution in [-0.2, 0) is 6.42 Å². The van der Waals surface area contributed by atoms with Gasteiger partial charge in [-0.05, 0) is 0 Å². The molecular weight excluding hydrogens is 122 g/mol. The highest BCUT2D eigenvalue weighted by atomic mass is 32.1. The molecule has 0 spiro atoms. The van der Waals surface area contributed by atoms with Crippen LogP contribution in [0.15, 0.2) is 6.20 Å². The summed E-state index contributed by atoms with van der Waals surface area (Å²) < 4.78 is 9.15. The third-order valence-corrected chi connectivity index (χ3v) is 1.97. The lowest BCUT2D eigenvalue weighted by molar-refractivity contribution is 0.365. The van der Waals surface area contributed by atoms with Crippen molar-refractivity contribution in [2.24, 2.45) is 0 Å². The normalized spacial score (nSPS) is 15.5. The van der Waals surface area contributed by atoms with Crippen LogP contribution in [0.4, 0.5) is 0 Å². The minimum Gasteiger partial charge on any atom is -0.482 e. The predicted octanol–water partition coefficient (Wildman–Crippen LogP) is 1.08. The van der Waals surface area contributed by atoms with Crippen LogP contribution in [0.25, 0.3) is 0 Å². The van der Waals surface area contributed by atoms with Gasteiger partial charge in [-0.2, -0.15) is 4.37 Å². The third-order valence-electron chi connectivity index (χ3n) is 1.21. The van der Waals surface area contributed by atoms with Crippen LogP contribution in [0.5, 0.6) is 5.06 Å². The van der Waals surface area contributed by atoms with Gasteiger partial charge in [0.1, 0.15) is 0 Å². The first-order chi connectivity index (χ1) is 3.97. The van der Waals surface area contributed by atoms with E-state index in [0.717, 1.165) is 18.1 Å². The molecule has 0 amide bonds. The lowest BCUT2D eigenvalue weighted by Gasteiger charge is -1.85. The molecule has 0 saturated heterocycles. The van der Waals surface area contributed by atoms with E-state index in [4.69, 9.17) is 4.74 Å². The van der Waals surface area contributed by atoms with E-state index in [1.807, 2.05) is 6.20 Å². The second-order valence-electron chi connectivity index (χ2n) is 1.74. The van der Waals surface area contributed by atoms with Crippen molar-refractivity contribution in [2.45, 2.75) is 6.42 Å². The Balaban J connectivity index is 2.54. The summed E-state index contributed by atoms with van der Waals surface area (Å²) in [6.07, 6.45) is 2.93. The Hall–Kier alpha value is -0.570. The summed E-state index contributed by atoms with van der Waals surface area (Å²) in [4.78, 5) is 0. The van der Waals surface area contributed by atoms with E-state index in [9.17, 15) is 0 Å². The van der Waals surface area contributed by atoms with Crippen LogP contribution in [0.2, 0.25) is 0 Å². The van der Waals surface area contributed by atoms with E-state index in [2.05, 4.69) is 4.37 Å². The zero-order valence-corrected chi connectivity index (χ0v) is 5.07. The van der Waals surface area contributed by atoms with E-state index in [1.165, 1.54) is 17.1 Å². The third kappa shape index (κ3) is 0.448. The first-order valence-electron chi connectivity index (χ1n) is 2.53. The molecule has 0 aliphatic carbocycles. The maximum absolute atomic E-state index is 5.19. The average molecular weight is 127 g/mol. The maximum Gasteiger partial charge on any atom is 0.196 e. The van der Waals surface area contributed by atoms with Gasteiger partial charge in [-0.25, -0.2) is 0 Å². The van der Waals surface area contributed by atoms with Crippen molar-refractivity contribution in [3.63, 3.8) is 0 Å². The molecule has 1 aromatic rings. The molecule has 42 valence electrons. The molecule has 0 saturated carbocycles. The molecule has 0 N–H and O–H groups in total.